The van der Waals surface area contributed by atoms with Crippen LogP contribution in [0.4, 0.5) is 0 Å². The summed E-state index contributed by atoms with van der Waals surface area (Å²) in [4.78, 5) is 29.4. The molecule has 0 N–H and O–H groups in total. The summed E-state index contributed by atoms with van der Waals surface area (Å²) < 4.78 is 7.62. The molecule has 1 aromatic heterocycles. The number of rotatable bonds is 6. The van der Waals surface area contributed by atoms with E-state index in [0.717, 1.165) is 15.8 Å². The van der Waals surface area contributed by atoms with Gasteiger partial charge in [-0.25, -0.2) is 0 Å². The molecule has 1 heterocycles. The van der Waals surface area contributed by atoms with Crippen molar-refractivity contribution in [3.63, 3.8) is 0 Å². The molecule has 0 fully saturated rings. The van der Waals surface area contributed by atoms with E-state index in [1.165, 1.54) is 16.9 Å². The van der Waals surface area contributed by atoms with Gasteiger partial charge in [-0.3, -0.25) is 9.59 Å². The number of halogens is 1. The van der Waals surface area contributed by atoms with Gasteiger partial charge in [-0.2, -0.15) is 4.99 Å². The number of hydrogen-bond acceptors (Lipinski definition) is 4. The molecule has 152 valence electrons. The lowest BCUT2D eigenvalue weighted by Crippen LogP contribution is -2.23. The highest BCUT2D eigenvalue weighted by Crippen LogP contribution is 2.22. The van der Waals surface area contributed by atoms with Crippen molar-refractivity contribution in [1.29, 1.82) is 0 Å². The maximum absolute atomic E-state index is 12.6. The lowest BCUT2D eigenvalue weighted by atomic mass is 10.0. The molecule has 0 aliphatic carbocycles. The number of thiazole rings is 1. The Kier molecular flexibility index (Phi) is 6.87. The first kappa shape index (κ1) is 21.3. The summed E-state index contributed by atoms with van der Waals surface area (Å²) >= 11 is 7.42. The van der Waals surface area contributed by atoms with E-state index in [1.807, 2.05) is 30.3 Å². The van der Waals surface area contributed by atoms with E-state index < -0.39 is 0 Å². The monoisotopic (exact) mass is 430 g/mol. The van der Waals surface area contributed by atoms with Crippen LogP contribution < -0.4 is 4.80 Å². The molecular weight excluding hydrogens is 408 g/mol. The van der Waals surface area contributed by atoms with Crippen LogP contribution in [0.5, 0.6) is 0 Å². The summed E-state index contributed by atoms with van der Waals surface area (Å²) in [7, 11) is 0. The molecule has 3 rings (SSSR count). The van der Waals surface area contributed by atoms with E-state index in [2.05, 4.69) is 18.8 Å². The van der Waals surface area contributed by atoms with Crippen LogP contribution in [0, 0.1) is 0 Å². The Labute approximate surface area is 178 Å². The molecule has 0 spiro atoms. The van der Waals surface area contributed by atoms with Gasteiger partial charge in [-0.15, -0.1) is 0 Å². The van der Waals surface area contributed by atoms with Gasteiger partial charge in [-0.05, 0) is 42.2 Å². The topological polar surface area (TPSA) is 60.7 Å². The highest BCUT2D eigenvalue weighted by molar-refractivity contribution is 7.16. The van der Waals surface area contributed by atoms with Crippen LogP contribution in [0.1, 0.15) is 37.8 Å². The van der Waals surface area contributed by atoms with Gasteiger partial charge in [-0.1, -0.05) is 61.1 Å². The Hall–Kier alpha value is -2.44. The second-order valence-electron chi connectivity index (χ2n) is 6.97. The first-order valence-electron chi connectivity index (χ1n) is 9.48. The zero-order valence-corrected chi connectivity index (χ0v) is 18.2. The molecule has 29 heavy (non-hydrogen) atoms. The van der Waals surface area contributed by atoms with E-state index in [4.69, 9.17) is 16.3 Å². The van der Waals surface area contributed by atoms with E-state index >= 15 is 0 Å². The molecule has 0 bridgehead atoms. The summed E-state index contributed by atoms with van der Waals surface area (Å²) in [6, 6.07) is 13.4. The molecule has 0 saturated carbocycles. The maximum atomic E-state index is 12.6. The van der Waals surface area contributed by atoms with Crippen LogP contribution in [0.25, 0.3) is 10.2 Å². The van der Waals surface area contributed by atoms with Crippen LogP contribution in [0.15, 0.2) is 47.5 Å². The van der Waals surface area contributed by atoms with Gasteiger partial charge in [0.2, 0.25) is 0 Å². The molecule has 0 atom stereocenters. The van der Waals surface area contributed by atoms with E-state index in [1.54, 1.807) is 23.6 Å². The van der Waals surface area contributed by atoms with Crippen LogP contribution in [-0.4, -0.2) is 23.1 Å². The first-order chi connectivity index (χ1) is 13.9. The molecule has 7 heteroatoms. The second-order valence-corrected chi connectivity index (χ2v) is 8.41. The van der Waals surface area contributed by atoms with E-state index in [-0.39, 0.29) is 24.8 Å². The van der Waals surface area contributed by atoms with Crippen molar-refractivity contribution in [2.24, 2.45) is 4.99 Å². The third-order valence-corrected chi connectivity index (χ3v) is 5.74. The van der Waals surface area contributed by atoms with Crippen LogP contribution in [-0.2, 0) is 27.3 Å². The zero-order chi connectivity index (χ0) is 21.0. The fraction of sp³-hybridized carbons (Fsp3) is 0.318. The molecule has 2 aromatic carbocycles. The maximum Gasteiger partial charge on any atom is 0.326 e. The summed E-state index contributed by atoms with van der Waals surface area (Å²) in [5, 5.41) is 0.588. The number of aromatic nitrogens is 1. The Balaban J connectivity index is 1.92. The minimum absolute atomic E-state index is 0.00925. The highest BCUT2D eigenvalue weighted by atomic mass is 35.5. The number of carbonyl (C=O) groups is 2. The number of fused-ring (bicyclic) bond motifs is 1. The summed E-state index contributed by atoms with van der Waals surface area (Å²) in [6.45, 7) is 6.31. The lowest BCUT2D eigenvalue weighted by molar-refractivity contribution is -0.143. The van der Waals surface area contributed by atoms with Gasteiger partial charge in [0.25, 0.3) is 5.91 Å². The number of benzene rings is 2. The fourth-order valence-electron chi connectivity index (χ4n) is 2.96. The van der Waals surface area contributed by atoms with E-state index in [0.29, 0.717) is 22.3 Å². The predicted molar refractivity (Wildman–Crippen MR) is 116 cm³/mol. The number of amides is 1. The highest BCUT2D eigenvalue weighted by Gasteiger charge is 2.13. The van der Waals surface area contributed by atoms with Crippen molar-refractivity contribution in [3.05, 3.63) is 63.4 Å². The van der Waals surface area contributed by atoms with Crippen molar-refractivity contribution in [2.45, 2.75) is 39.7 Å². The summed E-state index contributed by atoms with van der Waals surface area (Å²) in [6.07, 6.45) is 0.201. The van der Waals surface area contributed by atoms with Gasteiger partial charge < -0.3 is 9.30 Å². The van der Waals surface area contributed by atoms with Crippen molar-refractivity contribution in [2.75, 3.05) is 6.61 Å². The van der Waals surface area contributed by atoms with Gasteiger partial charge in [0.05, 0.1) is 23.2 Å². The second kappa shape index (κ2) is 9.37. The lowest BCUT2D eigenvalue weighted by Gasteiger charge is -2.06. The van der Waals surface area contributed by atoms with Crippen molar-refractivity contribution >= 4 is 45.0 Å². The average Bonchev–Trinajstić information content (AvgIpc) is 2.98. The Morgan fingerprint density at radius 3 is 2.55 bits per heavy atom. The van der Waals surface area contributed by atoms with Crippen molar-refractivity contribution < 1.29 is 14.3 Å². The smallest absolute Gasteiger partial charge is 0.326 e. The molecule has 0 aliphatic heterocycles. The predicted octanol–water partition coefficient (Wildman–Crippen LogP) is 4.71. The first-order valence-corrected chi connectivity index (χ1v) is 10.7. The van der Waals surface area contributed by atoms with Crippen molar-refractivity contribution in [1.82, 2.24) is 4.57 Å². The molecule has 0 unspecified atom stereocenters. The third kappa shape index (κ3) is 5.34. The minimum atomic E-state index is -0.375. The van der Waals surface area contributed by atoms with Crippen LogP contribution >= 0.6 is 22.9 Å². The van der Waals surface area contributed by atoms with Crippen molar-refractivity contribution in [3.8, 4) is 0 Å². The minimum Gasteiger partial charge on any atom is -0.465 e. The van der Waals surface area contributed by atoms with Gasteiger partial charge >= 0.3 is 5.97 Å². The Morgan fingerprint density at radius 2 is 1.90 bits per heavy atom. The molecule has 1 amide bonds. The van der Waals surface area contributed by atoms with Crippen LogP contribution in [0.2, 0.25) is 5.02 Å². The molecule has 3 aromatic rings. The average molecular weight is 431 g/mol. The zero-order valence-electron chi connectivity index (χ0n) is 16.6. The number of ether oxygens (including phenoxy) is 1. The largest absolute Gasteiger partial charge is 0.465 e. The molecule has 0 radical (unpaired) electrons. The quantitative estimate of drug-likeness (QED) is 0.532. The Bertz CT molecular complexity index is 1100. The van der Waals surface area contributed by atoms with E-state index in [9.17, 15) is 9.59 Å². The number of carbonyl (C=O) groups excluding carboxylic acids is 2. The SMILES string of the molecule is CCOC(=O)Cn1c(=NC(=O)Cc2ccc(C(C)C)cc2)sc2cc(Cl)ccc21. The van der Waals surface area contributed by atoms with Gasteiger partial charge in [0, 0.05) is 5.02 Å². The number of esters is 1. The third-order valence-electron chi connectivity index (χ3n) is 4.46. The normalized spacial score (nSPS) is 12.0. The standard InChI is InChI=1S/C22H23ClN2O3S/c1-4-28-21(27)13-25-18-10-9-17(23)12-19(18)29-22(25)24-20(26)11-15-5-7-16(8-6-15)14(2)3/h5-10,12,14H,4,11,13H2,1-3H3. The molecule has 0 aliphatic rings. The Morgan fingerprint density at radius 1 is 1.17 bits per heavy atom. The summed E-state index contributed by atoms with van der Waals surface area (Å²) in [5.74, 6) is -0.200. The summed E-state index contributed by atoms with van der Waals surface area (Å²) in [5.41, 5.74) is 2.93. The van der Waals surface area contributed by atoms with Gasteiger partial charge in [0.15, 0.2) is 4.80 Å². The van der Waals surface area contributed by atoms with Crippen LogP contribution in [0.3, 0.4) is 0 Å². The fourth-order valence-corrected chi connectivity index (χ4v) is 4.28. The molecular formula is C22H23ClN2O3S. The molecule has 5 nitrogen and oxygen atoms in total. The molecule has 0 saturated heterocycles. The number of nitrogens with zero attached hydrogens (tertiary/aromatic N) is 2. The van der Waals surface area contributed by atoms with Gasteiger partial charge in [0.1, 0.15) is 6.54 Å². The number of hydrogen-bond donors (Lipinski definition) is 0.